The van der Waals surface area contributed by atoms with E-state index in [0.29, 0.717) is 16.0 Å². The van der Waals surface area contributed by atoms with E-state index in [-0.39, 0.29) is 22.9 Å². The van der Waals surface area contributed by atoms with Crippen LogP contribution in [0.1, 0.15) is 5.82 Å². The highest BCUT2D eigenvalue weighted by Crippen LogP contribution is 2.14. The maximum Gasteiger partial charge on any atom is 0.278 e. The first-order valence-electron chi connectivity index (χ1n) is 5.53. The van der Waals surface area contributed by atoms with E-state index in [1.807, 2.05) is 0 Å². The van der Waals surface area contributed by atoms with Gasteiger partial charge in [-0.25, -0.2) is 9.97 Å². The monoisotopic (exact) mass is 309 g/mol. The Balaban J connectivity index is 2.08. The lowest BCUT2D eigenvalue weighted by Crippen LogP contribution is -2.25. The van der Waals surface area contributed by atoms with Gasteiger partial charge in [-0.1, -0.05) is 11.6 Å². The van der Waals surface area contributed by atoms with Crippen LogP contribution in [0.5, 0.6) is 0 Å². The van der Waals surface area contributed by atoms with Crippen molar-refractivity contribution in [2.24, 2.45) is 0 Å². The molecule has 3 N–H and O–H groups in total. The summed E-state index contributed by atoms with van der Waals surface area (Å²) >= 11 is 6.97. The van der Waals surface area contributed by atoms with Gasteiger partial charge in [0.25, 0.3) is 11.1 Å². The number of anilines is 1. The maximum absolute atomic E-state index is 11.9. The SMILES string of the molecule is Nc1c(Cl)ncn(Cc2nc3ccsc3c(=O)[nH]2)c1=O. The Labute approximate surface area is 120 Å². The summed E-state index contributed by atoms with van der Waals surface area (Å²) in [4.78, 5) is 34.4. The molecule has 9 heteroatoms. The summed E-state index contributed by atoms with van der Waals surface area (Å²) < 4.78 is 1.78. The van der Waals surface area contributed by atoms with Crippen LogP contribution in [0, 0.1) is 0 Å². The first-order valence-corrected chi connectivity index (χ1v) is 6.79. The fourth-order valence-electron chi connectivity index (χ4n) is 1.76. The standard InChI is InChI=1S/C11H8ClN5O2S/c12-9-7(13)11(19)17(4-14-9)3-6-15-5-1-2-20-8(5)10(18)16-6/h1-2,4H,3,13H2,(H,15,16,18). The van der Waals surface area contributed by atoms with Crippen molar-refractivity contribution in [2.45, 2.75) is 6.54 Å². The van der Waals surface area contributed by atoms with Crippen LogP contribution in [-0.4, -0.2) is 19.5 Å². The molecule has 0 aliphatic carbocycles. The molecule has 102 valence electrons. The number of hydrogen-bond acceptors (Lipinski definition) is 6. The number of aromatic nitrogens is 4. The van der Waals surface area contributed by atoms with Crippen LogP contribution in [0.3, 0.4) is 0 Å². The Kier molecular flexibility index (Phi) is 3.03. The van der Waals surface area contributed by atoms with Crippen molar-refractivity contribution < 1.29 is 0 Å². The summed E-state index contributed by atoms with van der Waals surface area (Å²) in [6.07, 6.45) is 1.26. The third-order valence-corrected chi connectivity index (χ3v) is 3.91. The zero-order valence-electron chi connectivity index (χ0n) is 9.96. The molecule has 0 atom stereocenters. The summed E-state index contributed by atoms with van der Waals surface area (Å²) in [6.45, 7) is 0.0637. The van der Waals surface area contributed by atoms with Gasteiger partial charge in [0, 0.05) is 0 Å². The molecule has 3 aromatic heterocycles. The number of halogens is 1. The molecule has 3 aromatic rings. The van der Waals surface area contributed by atoms with Gasteiger partial charge in [-0.3, -0.25) is 14.2 Å². The largest absolute Gasteiger partial charge is 0.392 e. The van der Waals surface area contributed by atoms with E-state index in [4.69, 9.17) is 17.3 Å². The van der Waals surface area contributed by atoms with Gasteiger partial charge in [0.15, 0.2) is 5.15 Å². The Morgan fingerprint density at radius 2 is 2.25 bits per heavy atom. The van der Waals surface area contributed by atoms with E-state index >= 15 is 0 Å². The average Bonchev–Trinajstić information content (AvgIpc) is 2.88. The van der Waals surface area contributed by atoms with E-state index in [1.165, 1.54) is 22.2 Å². The summed E-state index contributed by atoms with van der Waals surface area (Å²) in [5.41, 5.74) is 5.28. The molecule has 0 spiro atoms. The maximum atomic E-state index is 11.9. The predicted molar refractivity (Wildman–Crippen MR) is 77.3 cm³/mol. The van der Waals surface area contributed by atoms with Crippen molar-refractivity contribution in [3.8, 4) is 0 Å². The minimum absolute atomic E-state index is 0.0408. The number of aromatic amines is 1. The van der Waals surface area contributed by atoms with Gasteiger partial charge in [-0.15, -0.1) is 11.3 Å². The molecule has 0 saturated heterocycles. The highest BCUT2D eigenvalue weighted by molar-refractivity contribution is 7.17. The molecule has 0 unspecified atom stereocenters. The molecule has 20 heavy (non-hydrogen) atoms. The number of hydrogen-bond donors (Lipinski definition) is 2. The topological polar surface area (TPSA) is 107 Å². The molecule has 0 radical (unpaired) electrons. The second-order valence-corrected chi connectivity index (χ2v) is 5.30. The number of fused-ring (bicyclic) bond motifs is 1. The van der Waals surface area contributed by atoms with Crippen molar-refractivity contribution in [3.05, 3.63) is 49.5 Å². The van der Waals surface area contributed by atoms with Crippen molar-refractivity contribution in [1.82, 2.24) is 19.5 Å². The molecule has 0 aliphatic heterocycles. The Hall–Kier alpha value is -2.19. The van der Waals surface area contributed by atoms with Gasteiger partial charge < -0.3 is 10.7 Å². The second-order valence-electron chi connectivity index (χ2n) is 4.03. The summed E-state index contributed by atoms with van der Waals surface area (Å²) in [5.74, 6) is 0.353. The number of nitrogens with zero attached hydrogens (tertiary/aromatic N) is 3. The predicted octanol–water partition coefficient (Wildman–Crippen LogP) is 0.825. The fraction of sp³-hybridized carbons (Fsp3) is 0.0909. The third-order valence-electron chi connectivity index (χ3n) is 2.71. The normalized spacial score (nSPS) is 11.1. The molecular formula is C11H8ClN5O2S. The molecule has 0 aliphatic rings. The quantitative estimate of drug-likeness (QED) is 0.682. The number of nitrogens with one attached hydrogen (secondary N) is 1. The van der Waals surface area contributed by atoms with Gasteiger partial charge in [-0.05, 0) is 11.4 Å². The molecule has 0 bridgehead atoms. The van der Waals surface area contributed by atoms with Crippen molar-refractivity contribution in [2.75, 3.05) is 5.73 Å². The molecule has 0 saturated carbocycles. The Bertz CT molecular complexity index is 913. The fourth-order valence-corrected chi connectivity index (χ4v) is 2.61. The Morgan fingerprint density at radius 1 is 1.45 bits per heavy atom. The van der Waals surface area contributed by atoms with E-state index in [9.17, 15) is 9.59 Å². The zero-order chi connectivity index (χ0) is 14.3. The molecule has 0 fully saturated rings. The van der Waals surface area contributed by atoms with Gasteiger partial charge in [0.2, 0.25) is 0 Å². The zero-order valence-corrected chi connectivity index (χ0v) is 11.5. The number of nitrogen functional groups attached to an aromatic ring is 1. The van der Waals surface area contributed by atoms with Crippen LogP contribution in [-0.2, 0) is 6.54 Å². The van der Waals surface area contributed by atoms with E-state index in [0.717, 1.165) is 0 Å². The van der Waals surface area contributed by atoms with E-state index in [1.54, 1.807) is 11.4 Å². The summed E-state index contributed by atoms with van der Waals surface area (Å²) in [6, 6.07) is 1.75. The molecule has 0 aromatic carbocycles. The van der Waals surface area contributed by atoms with Crippen LogP contribution in [0.25, 0.3) is 10.2 Å². The van der Waals surface area contributed by atoms with Crippen LogP contribution < -0.4 is 16.9 Å². The van der Waals surface area contributed by atoms with Gasteiger partial charge in [0.1, 0.15) is 16.2 Å². The van der Waals surface area contributed by atoms with Crippen molar-refractivity contribution in [1.29, 1.82) is 0 Å². The van der Waals surface area contributed by atoms with E-state index in [2.05, 4.69) is 15.0 Å². The highest BCUT2D eigenvalue weighted by Gasteiger charge is 2.09. The third kappa shape index (κ3) is 2.08. The molecule has 7 nitrogen and oxygen atoms in total. The minimum Gasteiger partial charge on any atom is -0.392 e. The average molecular weight is 310 g/mol. The molecule has 3 heterocycles. The lowest BCUT2D eigenvalue weighted by atomic mass is 10.4. The lowest BCUT2D eigenvalue weighted by molar-refractivity contribution is 0.701. The van der Waals surface area contributed by atoms with Gasteiger partial charge in [-0.2, -0.15) is 0 Å². The van der Waals surface area contributed by atoms with Gasteiger partial charge >= 0.3 is 0 Å². The van der Waals surface area contributed by atoms with Crippen LogP contribution >= 0.6 is 22.9 Å². The van der Waals surface area contributed by atoms with E-state index < -0.39 is 5.56 Å². The molecule has 3 rings (SSSR count). The molecular weight excluding hydrogens is 302 g/mol. The van der Waals surface area contributed by atoms with Crippen LogP contribution in [0.4, 0.5) is 5.69 Å². The second kappa shape index (κ2) is 4.73. The smallest absolute Gasteiger partial charge is 0.278 e. The number of H-pyrrole nitrogens is 1. The van der Waals surface area contributed by atoms with Crippen LogP contribution in [0.15, 0.2) is 27.4 Å². The molecule has 0 amide bonds. The lowest BCUT2D eigenvalue weighted by Gasteiger charge is -2.06. The Morgan fingerprint density at radius 3 is 3.05 bits per heavy atom. The highest BCUT2D eigenvalue weighted by atomic mass is 35.5. The summed E-state index contributed by atoms with van der Waals surface area (Å²) in [5, 5.41) is 1.74. The summed E-state index contributed by atoms with van der Waals surface area (Å²) in [7, 11) is 0. The number of thiophene rings is 1. The van der Waals surface area contributed by atoms with Crippen LogP contribution in [0.2, 0.25) is 5.15 Å². The first kappa shape index (κ1) is 12.8. The minimum atomic E-state index is -0.474. The first-order chi connectivity index (χ1) is 9.56. The van der Waals surface area contributed by atoms with Gasteiger partial charge in [0.05, 0.1) is 18.4 Å². The number of nitrogens with two attached hydrogens (primary N) is 1. The van der Waals surface area contributed by atoms with Crippen molar-refractivity contribution in [3.63, 3.8) is 0 Å². The van der Waals surface area contributed by atoms with Crippen molar-refractivity contribution >= 4 is 38.8 Å². The number of rotatable bonds is 2.